The number of nitrogens with one attached hydrogen (secondary N) is 4. The van der Waals surface area contributed by atoms with Gasteiger partial charge in [-0.15, -0.1) is 11.8 Å². The van der Waals surface area contributed by atoms with E-state index < -0.39 is 107 Å². The van der Waals surface area contributed by atoms with Crippen molar-refractivity contribution in [3.8, 4) is 5.75 Å². The predicted octanol–water partition coefficient (Wildman–Crippen LogP) is 3.57. The molecule has 22 heteroatoms. The first-order valence-corrected chi connectivity index (χ1v) is 23.5. The summed E-state index contributed by atoms with van der Waals surface area (Å²) in [7, 11) is 0. The number of H-pyrrole nitrogens is 1. The van der Waals surface area contributed by atoms with Gasteiger partial charge in [0, 0.05) is 46.2 Å². The van der Waals surface area contributed by atoms with E-state index in [1.54, 1.807) is 24.3 Å². The number of aryl methyl sites for hydroxylation is 3. The minimum absolute atomic E-state index is 0.0514. The number of thioether (sulfide) groups is 1. The third-order valence-corrected chi connectivity index (χ3v) is 12.7. The molecule has 2 saturated heterocycles. The number of benzene rings is 2. The Morgan fingerprint density at radius 2 is 1.67 bits per heavy atom. The second-order valence-electron chi connectivity index (χ2n) is 18.5. The summed E-state index contributed by atoms with van der Waals surface area (Å²) in [5.74, 6) is -3.38. The molecule has 4 N–H and O–H groups in total. The van der Waals surface area contributed by atoms with Crippen LogP contribution in [0.15, 0.2) is 69.4 Å². The number of rotatable bonds is 20. The van der Waals surface area contributed by atoms with Crippen molar-refractivity contribution in [2.45, 2.75) is 134 Å². The van der Waals surface area contributed by atoms with Crippen LogP contribution in [0.2, 0.25) is 0 Å². The number of esters is 2. The lowest BCUT2D eigenvalue weighted by atomic mass is 9.96. The van der Waals surface area contributed by atoms with Crippen molar-refractivity contribution < 1.29 is 47.7 Å². The molecule has 0 radical (unpaired) electrons. The zero-order valence-electron chi connectivity index (χ0n) is 40.1. The van der Waals surface area contributed by atoms with Crippen LogP contribution in [0.1, 0.15) is 88.8 Å². The first-order chi connectivity index (χ1) is 32.6. The van der Waals surface area contributed by atoms with E-state index in [-0.39, 0.29) is 50.2 Å². The van der Waals surface area contributed by atoms with Gasteiger partial charge in [-0.2, -0.15) is 0 Å². The van der Waals surface area contributed by atoms with E-state index in [9.17, 15) is 38.4 Å². The van der Waals surface area contributed by atoms with Gasteiger partial charge in [0.25, 0.3) is 17.4 Å². The van der Waals surface area contributed by atoms with E-state index in [1.807, 2.05) is 72.7 Å². The molecule has 0 unspecified atom stereocenters. The van der Waals surface area contributed by atoms with Crippen LogP contribution >= 0.6 is 11.8 Å². The van der Waals surface area contributed by atoms with E-state index >= 15 is 0 Å². The van der Waals surface area contributed by atoms with Gasteiger partial charge in [-0.1, -0.05) is 53.6 Å². The molecular weight excluding hydrogens is 915 g/mol. The van der Waals surface area contributed by atoms with Crippen LogP contribution in [0, 0.1) is 20.8 Å². The monoisotopic (exact) mass is 975 g/mol. The Morgan fingerprint density at radius 1 is 0.971 bits per heavy atom. The van der Waals surface area contributed by atoms with Gasteiger partial charge < -0.3 is 39.8 Å². The van der Waals surface area contributed by atoms with E-state index in [0.29, 0.717) is 11.3 Å². The largest absolute Gasteiger partial charge is 0.483 e. The Kier molecular flexibility index (Phi) is 18.2. The summed E-state index contributed by atoms with van der Waals surface area (Å²) >= 11 is 1.38. The number of nitrogens with zero attached hydrogens (tertiary/aromatic N) is 5. The van der Waals surface area contributed by atoms with Crippen molar-refractivity contribution in [3.63, 3.8) is 0 Å². The molecule has 2 fully saturated rings. The molecule has 6 atom stereocenters. The summed E-state index contributed by atoms with van der Waals surface area (Å²) in [6, 6.07) is 11.7. The van der Waals surface area contributed by atoms with Crippen molar-refractivity contribution in [3.05, 3.63) is 108 Å². The normalized spacial score (nSPS) is 19.3. The Morgan fingerprint density at radius 3 is 2.33 bits per heavy atom. The fraction of sp³-hybridized carbons (Fsp3) is 0.532. The summed E-state index contributed by atoms with van der Waals surface area (Å²) in [6.07, 6.45) is -2.68. The average Bonchev–Trinajstić information content (AvgIpc) is 3.83. The maximum absolute atomic E-state index is 14.9. The van der Waals surface area contributed by atoms with Crippen LogP contribution in [0.25, 0.3) is 10.4 Å². The van der Waals surface area contributed by atoms with Crippen LogP contribution in [-0.2, 0) is 49.4 Å². The van der Waals surface area contributed by atoms with E-state index in [0.717, 1.165) is 15.7 Å². The zero-order valence-corrected chi connectivity index (χ0v) is 40.9. The third kappa shape index (κ3) is 14.9. The number of carbonyl (C=O) groups is 6. The molecule has 0 saturated carbocycles. The number of aromatic nitrogens is 2. The van der Waals surface area contributed by atoms with E-state index in [2.05, 4.69) is 31.0 Å². The lowest BCUT2D eigenvalue weighted by molar-refractivity contribution is -0.164. The number of aromatic amines is 1. The number of para-hydroxylation sites is 1. The van der Waals surface area contributed by atoms with Gasteiger partial charge in [0.15, 0.2) is 6.61 Å². The number of azide groups is 1. The minimum Gasteiger partial charge on any atom is -0.483 e. The molecular formula is C47H61N9O12S. The number of hydrogen-bond acceptors (Lipinski definition) is 14. The highest BCUT2D eigenvalue weighted by Crippen LogP contribution is 2.40. The molecule has 2 aliphatic heterocycles. The van der Waals surface area contributed by atoms with Gasteiger partial charge in [-0.25, -0.2) is 4.79 Å². The summed E-state index contributed by atoms with van der Waals surface area (Å²) in [4.78, 5) is 112. The standard InChI is InChI=1S/C47H61N9O12S/c1-27-14-12-15-28(2)39(27)66-25-35(58)50-32(20-30-16-10-9-11-17-30)40(44(63)56-26-69-47(7,8)41(56)43(62)52-46(4,5)6)68-37(59)19-13-18-34(57)49-22-38(60)65-24-33-31(53-54-48)21-36(67-33)55-23-29(3)42(61)51-45(55)64/h9-12,14-17,23,31-33,36,40-41H,13,18-22,24-26H2,1-8H3,(H,49,57)(H,50,58)(H,52,62)(H,51,61,64)/t31-,32-,33+,36+,40-,41+/m0/s1. The number of ether oxygens (including phenoxy) is 4. The first kappa shape index (κ1) is 53.3. The number of amides is 4. The SMILES string of the molecule is Cc1cccc(C)c1OCC(=O)N[C@@H](Cc1ccccc1)[C@H](OC(=O)CCCC(=O)NCC(=O)OC[C@H]1O[C@@H](n2cc(C)c(=O)[nH]c2=O)C[C@@H]1N=[N+]=[N-])C(=O)N1CSC(C)(C)[C@H]1C(=O)NC(C)(C)C. The molecule has 2 aliphatic rings. The average molecular weight is 976 g/mol. The predicted molar refractivity (Wildman–Crippen MR) is 254 cm³/mol. The molecule has 372 valence electrons. The molecule has 0 spiro atoms. The highest BCUT2D eigenvalue weighted by Gasteiger charge is 2.51. The van der Waals surface area contributed by atoms with Crippen molar-refractivity contribution in [2.75, 3.05) is 25.6 Å². The van der Waals surface area contributed by atoms with Crippen LogP contribution in [0.5, 0.6) is 5.75 Å². The van der Waals surface area contributed by atoms with Gasteiger partial charge in [-0.05, 0) is 90.5 Å². The van der Waals surface area contributed by atoms with Crippen LogP contribution in [0.3, 0.4) is 0 Å². The lowest BCUT2D eigenvalue weighted by Gasteiger charge is -2.36. The molecule has 69 heavy (non-hydrogen) atoms. The molecule has 2 aromatic carbocycles. The maximum atomic E-state index is 14.9. The zero-order chi connectivity index (χ0) is 50.6. The highest BCUT2D eigenvalue weighted by atomic mass is 32.2. The first-order valence-electron chi connectivity index (χ1n) is 22.5. The van der Waals surface area contributed by atoms with Crippen molar-refractivity contribution in [1.29, 1.82) is 0 Å². The van der Waals surface area contributed by atoms with Gasteiger partial charge >= 0.3 is 17.6 Å². The van der Waals surface area contributed by atoms with Crippen molar-refractivity contribution >= 4 is 47.3 Å². The molecule has 1 aromatic heterocycles. The molecule has 0 bridgehead atoms. The molecule has 3 aromatic rings. The van der Waals surface area contributed by atoms with E-state index in [4.69, 9.17) is 24.5 Å². The summed E-state index contributed by atoms with van der Waals surface area (Å²) in [6.45, 7) is 13.0. The van der Waals surface area contributed by atoms with Crippen LogP contribution in [0.4, 0.5) is 0 Å². The van der Waals surface area contributed by atoms with Gasteiger partial charge in [0.1, 0.15) is 37.3 Å². The molecule has 0 aliphatic carbocycles. The topological polar surface area (TPSA) is 282 Å². The fourth-order valence-corrected chi connectivity index (χ4v) is 9.08. The second-order valence-corrected chi connectivity index (χ2v) is 20.1. The van der Waals surface area contributed by atoms with Crippen molar-refractivity contribution in [2.24, 2.45) is 5.11 Å². The van der Waals surface area contributed by atoms with Gasteiger partial charge in [0.2, 0.25) is 17.9 Å². The van der Waals surface area contributed by atoms with Gasteiger partial charge in [-0.3, -0.25) is 43.1 Å². The quantitative estimate of drug-likeness (QED) is 0.0546. The Hall–Kier alpha value is -6.64. The van der Waals surface area contributed by atoms with Crippen LogP contribution < -0.4 is 31.9 Å². The molecule has 5 rings (SSSR count). The Labute approximate surface area is 403 Å². The molecule has 3 heterocycles. The van der Waals surface area contributed by atoms with Crippen molar-refractivity contribution in [1.82, 2.24) is 30.4 Å². The Balaban J connectivity index is 1.24. The summed E-state index contributed by atoms with van der Waals surface area (Å²) in [5.41, 5.74) is 9.76. The smallest absolute Gasteiger partial charge is 0.330 e. The Bertz CT molecular complexity index is 2520. The number of carbonyl (C=O) groups excluding carboxylic acids is 6. The fourth-order valence-electron chi connectivity index (χ4n) is 7.94. The third-order valence-electron chi connectivity index (χ3n) is 11.3. The van der Waals surface area contributed by atoms with Gasteiger partial charge in [0.05, 0.1) is 18.0 Å². The minimum atomic E-state index is -1.62. The molecule has 4 amide bonds. The maximum Gasteiger partial charge on any atom is 0.330 e. The number of hydrogen-bond donors (Lipinski definition) is 4. The molecule has 21 nitrogen and oxygen atoms in total. The van der Waals surface area contributed by atoms with E-state index in [1.165, 1.54) is 29.8 Å². The highest BCUT2D eigenvalue weighted by molar-refractivity contribution is 8.00. The summed E-state index contributed by atoms with van der Waals surface area (Å²) in [5, 5.41) is 12.0. The lowest BCUT2D eigenvalue weighted by Crippen LogP contribution is -2.61. The van der Waals surface area contributed by atoms with Crippen LogP contribution in [-0.4, -0.2) is 116 Å². The summed E-state index contributed by atoms with van der Waals surface area (Å²) < 4.78 is 23.5. The second kappa shape index (κ2) is 23.6.